The van der Waals surface area contributed by atoms with Gasteiger partial charge >= 0.3 is 5.97 Å². The number of benzene rings is 1. The smallest absolute Gasteiger partial charge is 0.331 e. The predicted octanol–water partition coefficient (Wildman–Crippen LogP) is 4.49. The fraction of sp³-hybridized carbons (Fsp3) is 0.286. The standard InChI is InChI=1S/C21H20N2O3S/c1-13-11-16(14(2)23(13)15-7-8-15)18(24)12-26-21(25)10-9-20-22-17-5-3-4-6-19(17)27-20/h3-6,9-11,15H,7-8,12H2,1-2H3/b10-9+. The summed E-state index contributed by atoms with van der Waals surface area (Å²) in [4.78, 5) is 28.8. The van der Waals surface area contributed by atoms with Gasteiger partial charge in [-0.1, -0.05) is 12.1 Å². The van der Waals surface area contributed by atoms with Crippen LogP contribution in [-0.2, 0) is 9.53 Å². The Morgan fingerprint density at radius 3 is 2.81 bits per heavy atom. The second kappa shape index (κ2) is 7.12. The zero-order chi connectivity index (χ0) is 19.0. The Kier molecular flexibility index (Phi) is 4.66. The van der Waals surface area contributed by atoms with Gasteiger partial charge < -0.3 is 9.30 Å². The van der Waals surface area contributed by atoms with Gasteiger partial charge in [-0.15, -0.1) is 11.3 Å². The van der Waals surface area contributed by atoms with Crippen molar-refractivity contribution in [3.8, 4) is 0 Å². The van der Waals surface area contributed by atoms with Crippen LogP contribution in [0, 0.1) is 13.8 Å². The zero-order valence-electron chi connectivity index (χ0n) is 15.3. The Morgan fingerprint density at radius 1 is 1.30 bits per heavy atom. The van der Waals surface area contributed by atoms with Crippen LogP contribution in [0.3, 0.4) is 0 Å². The molecule has 1 aliphatic carbocycles. The molecule has 0 amide bonds. The van der Waals surface area contributed by atoms with Crippen LogP contribution in [0.1, 0.15) is 45.6 Å². The number of carbonyl (C=O) groups excluding carboxylic acids is 2. The molecule has 0 radical (unpaired) electrons. The zero-order valence-corrected chi connectivity index (χ0v) is 16.1. The summed E-state index contributed by atoms with van der Waals surface area (Å²) >= 11 is 1.50. The number of thiazole rings is 1. The summed E-state index contributed by atoms with van der Waals surface area (Å²) in [6, 6.07) is 10.2. The van der Waals surface area contributed by atoms with Crippen molar-refractivity contribution in [3.63, 3.8) is 0 Å². The minimum atomic E-state index is -0.543. The molecule has 0 unspecified atom stereocenters. The largest absolute Gasteiger partial charge is 0.454 e. The number of rotatable bonds is 6. The monoisotopic (exact) mass is 380 g/mol. The highest BCUT2D eigenvalue weighted by atomic mass is 32.1. The molecule has 0 aliphatic heterocycles. The van der Waals surface area contributed by atoms with E-state index in [-0.39, 0.29) is 12.4 Å². The van der Waals surface area contributed by atoms with Crippen LogP contribution in [0.4, 0.5) is 0 Å². The molecular weight excluding hydrogens is 360 g/mol. The molecule has 1 aliphatic rings. The molecule has 2 aromatic heterocycles. The Labute approximate surface area is 161 Å². The number of Topliss-reactive ketones (excluding diaryl/α,β-unsaturated/α-hetero) is 1. The van der Waals surface area contributed by atoms with Gasteiger partial charge in [-0.05, 0) is 51.0 Å². The summed E-state index contributed by atoms with van der Waals surface area (Å²) < 4.78 is 8.40. The number of para-hydroxylation sites is 1. The van der Waals surface area contributed by atoms with Gasteiger partial charge in [0.2, 0.25) is 5.78 Å². The van der Waals surface area contributed by atoms with Crippen LogP contribution >= 0.6 is 11.3 Å². The van der Waals surface area contributed by atoms with E-state index in [1.165, 1.54) is 17.4 Å². The fourth-order valence-electron chi connectivity index (χ4n) is 3.32. The number of aromatic nitrogens is 2. The summed E-state index contributed by atoms with van der Waals surface area (Å²) in [5.74, 6) is -0.713. The number of ether oxygens (including phenoxy) is 1. The van der Waals surface area contributed by atoms with Crippen molar-refractivity contribution in [2.45, 2.75) is 32.7 Å². The molecule has 0 saturated heterocycles. The molecule has 2 heterocycles. The van der Waals surface area contributed by atoms with Crippen molar-refractivity contribution in [2.24, 2.45) is 0 Å². The van der Waals surface area contributed by atoms with E-state index in [4.69, 9.17) is 4.74 Å². The first kappa shape index (κ1) is 17.7. The van der Waals surface area contributed by atoms with E-state index >= 15 is 0 Å². The van der Waals surface area contributed by atoms with Crippen LogP contribution in [0.15, 0.2) is 36.4 Å². The lowest BCUT2D eigenvalue weighted by atomic mass is 10.1. The molecule has 3 aromatic rings. The number of ketones is 1. The summed E-state index contributed by atoms with van der Waals surface area (Å²) in [5.41, 5.74) is 3.58. The van der Waals surface area contributed by atoms with E-state index in [1.807, 2.05) is 44.2 Å². The summed E-state index contributed by atoms with van der Waals surface area (Å²) in [7, 11) is 0. The molecule has 0 N–H and O–H groups in total. The SMILES string of the molecule is Cc1cc(C(=O)COC(=O)/C=C/c2nc3ccccc3s2)c(C)n1C1CC1. The number of hydrogen-bond acceptors (Lipinski definition) is 5. The van der Waals surface area contributed by atoms with Crippen LogP contribution in [0.2, 0.25) is 0 Å². The van der Waals surface area contributed by atoms with Crippen molar-refractivity contribution in [3.05, 3.63) is 58.4 Å². The Morgan fingerprint density at radius 2 is 2.07 bits per heavy atom. The maximum atomic E-state index is 12.4. The van der Waals surface area contributed by atoms with E-state index in [0.717, 1.165) is 39.5 Å². The number of hydrogen-bond donors (Lipinski definition) is 0. The van der Waals surface area contributed by atoms with E-state index in [9.17, 15) is 9.59 Å². The first-order chi connectivity index (χ1) is 13.0. The normalized spacial score (nSPS) is 14.1. The maximum absolute atomic E-state index is 12.4. The summed E-state index contributed by atoms with van der Waals surface area (Å²) in [6.45, 7) is 3.71. The van der Waals surface area contributed by atoms with Crippen molar-refractivity contribution in [1.29, 1.82) is 0 Å². The minimum Gasteiger partial charge on any atom is -0.454 e. The van der Waals surface area contributed by atoms with Gasteiger partial charge in [0.05, 0.1) is 10.2 Å². The molecule has 1 aromatic carbocycles. The third-order valence-corrected chi connectivity index (χ3v) is 5.72. The molecular formula is C21H20N2O3S. The lowest BCUT2D eigenvalue weighted by molar-refractivity contribution is -0.136. The molecule has 6 heteroatoms. The average Bonchev–Trinajstić information content (AvgIpc) is 3.32. The molecule has 27 heavy (non-hydrogen) atoms. The van der Waals surface area contributed by atoms with E-state index in [0.29, 0.717) is 11.6 Å². The molecule has 5 nitrogen and oxygen atoms in total. The predicted molar refractivity (Wildman–Crippen MR) is 106 cm³/mol. The first-order valence-electron chi connectivity index (χ1n) is 8.95. The van der Waals surface area contributed by atoms with Gasteiger partial charge in [-0.2, -0.15) is 0 Å². The number of esters is 1. The van der Waals surface area contributed by atoms with Crippen molar-refractivity contribution < 1.29 is 14.3 Å². The van der Waals surface area contributed by atoms with Gasteiger partial charge in [0, 0.05) is 29.1 Å². The van der Waals surface area contributed by atoms with E-state index in [1.54, 1.807) is 6.08 Å². The van der Waals surface area contributed by atoms with Gasteiger partial charge in [-0.25, -0.2) is 9.78 Å². The lowest BCUT2D eigenvalue weighted by Crippen LogP contribution is -2.13. The molecule has 0 bridgehead atoms. The molecule has 138 valence electrons. The lowest BCUT2D eigenvalue weighted by Gasteiger charge is -2.07. The van der Waals surface area contributed by atoms with Crippen LogP contribution in [0.25, 0.3) is 16.3 Å². The number of aryl methyl sites for hydroxylation is 1. The number of nitrogens with zero attached hydrogens (tertiary/aromatic N) is 2. The Bertz CT molecular complexity index is 1020. The van der Waals surface area contributed by atoms with Gasteiger partial charge in [0.25, 0.3) is 0 Å². The maximum Gasteiger partial charge on any atom is 0.331 e. The molecule has 1 fully saturated rings. The molecule has 1 saturated carbocycles. The third-order valence-electron chi connectivity index (χ3n) is 4.71. The van der Waals surface area contributed by atoms with Crippen LogP contribution < -0.4 is 0 Å². The summed E-state index contributed by atoms with van der Waals surface area (Å²) in [5, 5.41) is 0.729. The highest BCUT2D eigenvalue weighted by molar-refractivity contribution is 7.19. The van der Waals surface area contributed by atoms with E-state index in [2.05, 4.69) is 9.55 Å². The quantitative estimate of drug-likeness (QED) is 0.359. The van der Waals surface area contributed by atoms with Crippen molar-refractivity contribution in [2.75, 3.05) is 6.61 Å². The molecule has 4 rings (SSSR count). The second-order valence-corrected chi connectivity index (χ2v) is 7.83. The number of carbonyl (C=O) groups is 2. The second-order valence-electron chi connectivity index (χ2n) is 6.77. The number of fused-ring (bicyclic) bond motifs is 1. The summed E-state index contributed by atoms with van der Waals surface area (Å²) in [6.07, 6.45) is 5.26. The van der Waals surface area contributed by atoms with Gasteiger partial charge in [-0.3, -0.25) is 4.79 Å². The third kappa shape index (κ3) is 3.71. The fourth-order valence-corrected chi connectivity index (χ4v) is 4.19. The van der Waals surface area contributed by atoms with Gasteiger partial charge in [0.15, 0.2) is 6.61 Å². The highest BCUT2D eigenvalue weighted by Gasteiger charge is 2.28. The van der Waals surface area contributed by atoms with E-state index < -0.39 is 5.97 Å². The van der Waals surface area contributed by atoms with Crippen LogP contribution in [0.5, 0.6) is 0 Å². The molecule has 0 atom stereocenters. The van der Waals surface area contributed by atoms with Crippen LogP contribution in [-0.4, -0.2) is 27.9 Å². The minimum absolute atomic E-state index is 0.170. The Hall–Kier alpha value is -2.73. The van der Waals surface area contributed by atoms with Crippen molar-refractivity contribution >= 4 is 39.4 Å². The highest BCUT2D eigenvalue weighted by Crippen LogP contribution is 2.38. The Balaban J connectivity index is 1.37. The van der Waals surface area contributed by atoms with Crippen molar-refractivity contribution in [1.82, 2.24) is 9.55 Å². The average molecular weight is 380 g/mol. The van der Waals surface area contributed by atoms with Gasteiger partial charge in [0.1, 0.15) is 5.01 Å². The topological polar surface area (TPSA) is 61.2 Å². The first-order valence-corrected chi connectivity index (χ1v) is 9.76. The molecule has 0 spiro atoms.